The van der Waals surface area contributed by atoms with Crippen molar-refractivity contribution in [2.45, 2.75) is 50.8 Å². The first-order valence-corrected chi connectivity index (χ1v) is 9.60. The van der Waals surface area contributed by atoms with Gasteiger partial charge in [0.1, 0.15) is 11.9 Å². The third-order valence-corrected chi connectivity index (χ3v) is 5.72. The fourth-order valence-electron chi connectivity index (χ4n) is 4.18. The van der Waals surface area contributed by atoms with Crippen molar-refractivity contribution in [2.24, 2.45) is 0 Å². The summed E-state index contributed by atoms with van der Waals surface area (Å²) in [5, 5.41) is 10.1. The molecule has 1 aromatic heterocycles. The molecule has 26 heavy (non-hydrogen) atoms. The van der Waals surface area contributed by atoms with Crippen LogP contribution in [0.2, 0.25) is 0 Å². The monoisotopic (exact) mass is 352 g/mol. The topological polar surface area (TPSA) is 70.2 Å². The summed E-state index contributed by atoms with van der Waals surface area (Å²) >= 11 is 0. The van der Waals surface area contributed by atoms with Gasteiger partial charge in [-0.05, 0) is 56.3 Å². The number of rotatable bonds is 4. The predicted octanol–water partition coefficient (Wildman–Crippen LogP) is 2.30. The lowest BCUT2D eigenvalue weighted by molar-refractivity contribution is 0.161. The summed E-state index contributed by atoms with van der Waals surface area (Å²) in [6.45, 7) is 3.63. The molecule has 1 saturated heterocycles. The van der Waals surface area contributed by atoms with E-state index in [9.17, 15) is 4.79 Å². The average molecular weight is 352 g/mol. The van der Waals surface area contributed by atoms with Gasteiger partial charge in [0.25, 0.3) is 5.56 Å². The molecule has 0 unspecified atom stereocenters. The second kappa shape index (κ2) is 6.43. The Morgan fingerprint density at radius 3 is 2.77 bits per heavy atom. The molecule has 2 aliphatic heterocycles. The fraction of sp³-hybridized carbons (Fsp3) is 0.500. The smallest absolute Gasteiger partial charge is 0.269 e. The van der Waals surface area contributed by atoms with Crippen LogP contribution in [0.5, 0.6) is 5.75 Å². The molecule has 136 valence electrons. The van der Waals surface area contributed by atoms with E-state index in [2.05, 4.69) is 38.6 Å². The van der Waals surface area contributed by atoms with Crippen LogP contribution in [-0.2, 0) is 13.1 Å². The SMILES string of the molecule is O=c1[nH]ncc(N2Cc3cccc(OC4CCNCC4)c3C2)c1C1CC1. The number of aromatic nitrogens is 2. The molecule has 3 heterocycles. The van der Waals surface area contributed by atoms with Crippen LogP contribution in [0, 0.1) is 0 Å². The maximum absolute atomic E-state index is 12.3. The molecular weight excluding hydrogens is 328 g/mol. The van der Waals surface area contributed by atoms with E-state index in [1.54, 1.807) is 0 Å². The van der Waals surface area contributed by atoms with Crippen molar-refractivity contribution in [3.63, 3.8) is 0 Å². The zero-order valence-electron chi connectivity index (χ0n) is 14.8. The predicted molar refractivity (Wildman–Crippen MR) is 99.7 cm³/mol. The van der Waals surface area contributed by atoms with Crippen molar-refractivity contribution < 1.29 is 4.74 Å². The highest BCUT2D eigenvalue weighted by molar-refractivity contribution is 5.59. The largest absolute Gasteiger partial charge is 0.490 e. The molecular formula is C20H24N4O2. The number of aromatic amines is 1. The lowest BCUT2D eigenvalue weighted by Gasteiger charge is -2.25. The summed E-state index contributed by atoms with van der Waals surface area (Å²) in [7, 11) is 0. The summed E-state index contributed by atoms with van der Waals surface area (Å²) in [5.41, 5.74) is 4.41. The van der Waals surface area contributed by atoms with Gasteiger partial charge in [0.15, 0.2) is 0 Å². The zero-order chi connectivity index (χ0) is 17.5. The number of nitrogens with one attached hydrogen (secondary N) is 2. The molecule has 0 amide bonds. The summed E-state index contributed by atoms with van der Waals surface area (Å²) in [6.07, 6.45) is 6.42. The van der Waals surface area contributed by atoms with Crippen LogP contribution < -0.4 is 20.5 Å². The first-order chi connectivity index (χ1) is 12.8. The molecule has 1 aromatic carbocycles. The van der Waals surface area contributed by atoms with E-state index in [4.69, 9.17) is 4.74 Å². The Balaban J connectivity index is 1.42. The van der Waals surface area contributed by atoms with Gasteiger partial charge in [-0.15, -0.1) is 0 Å². The summed E-state index contributed by atoms with van der Waals surface area (Å²) in [6, 6.07) is 6.33. The van der Waals surface area contributed by atoms with Crippen LogP contribution in [-0.4, -0.2) is 29.4 Å². The first kappa shape index (κ1) is 15.9. The van der Waals surface area contributed by atoms with Crippen molar-refractivity contribution >= 4 is 5.69 Å². The number of ether oxygens (including phenoxy) is 1. The number of H-pyrrole nitrogens is 1. The first-order valence-electron chi connectivity index (χ1n) is 9.60. The molecule has 2 fully saturated rings. The standard InChI is InChI=1S/C20H24N4O2/c25-20-19(13-4-5-13)17(10-22-23-20)24-11-14-2-1-3-18(16(14)12-24)26-15-6-8-21-9-7-15/h1-3,10,13,15,21H,4-9,11-12H2,(H,23,25). The fourth-order valence-corrected chi connectivity index (χ4v) is 4.18. The van der Waals surface area contributed by atoms with Gasteiger partial charge < -0.3 is 15.0 Å². The number of hydrogen-bond acceptors (Lipinski definition) is 5. The molecule has 1 aliphatic carbocycles. The van der Waals surface area contributed by atoms with E-state index >= 15 is 0 Å². The highest BCUT2D eigenvalue weighted by atomic mass is 16.5. The van der Waals surface area contributed by atoms with Crippen LogP contribution in [0.1, 0.15) is 48.3 Å². The van der Waals surface area contributed by atoms with E-state index in [1.165, 1.54) is 11.1 Å². The number of hydrogen-bond donors (Lipinski definition) is 2. The van der Waals surface area contributed by atoms with Gasteiger partial charge in [-0.1, -0.05) is 12.1 Å². The molecule has 5 rings (SSSR count). The molecule has 6 nitrogen and oxygen atoms in total. The molecule has 3 aliphatic rings. The highest BCUT2D eigenvalue weighted by Gasteiger charge is 2.33. The maximum Gasteiger partial charge on any atom is 0.269 e. The van der Waals surface area contributed by atoms with Gasteiger partial charge in [0.2, 0.25) is 0 Å². The van der Waals surface area contributed by atoms with Gasteiger partial charge in [0.05, 0.1) is 11.9 Å². The highest BCUT2D eigenvalue weighted by Crippen LogP contribution is 2.44. The molecule has 0 bridgehead atoms. The van der Waals surface area contributed by atoms with E-state index < -0.39 is 0 Å². The Morgan fingerprint density at radius 1 is 1.12 bits per heavy atom. The Hall–Kier alpha value is -2.34. The number of piperidine rings is 1. The van der Waals surface area contributed by atoms with Gasteiger partial charge in [-0.25, -0.2) is 5.10 Å². The molecule has 0 atom stereocenters. The van der Waals surface area contributed by atoms with E-state index in [0.717, 1.165) is 68.9 Å². The molecule has 2 N–H and O–H groups in total. The van der Waals surface area contributed by atoms with Crippen LogP contribution in [0.3, 0.4) is 0 Å². The number of fused-ring (bicyclic) bond motifs is 1. The van der Waals surface area contributed by atoms with Crippen LogP contribution >= 0.6 is 0 Å². The van der Waals surface area contributed by atoms with Crippen molar-refractivity contribution in [1.29, 1.82) is 0 Å². The zero-order valence-corrected chi connectivity index (χ0v) is 14.8. The quantitative estimate of drug-likeness (QED) is 0.884. The Morgan fingerprint density at radius 2 is 1.96 bits per heavy atom. The lowest BCUT2D eigenvalue weighted by Crippen LogP contribution is -2.34. The third-order valence-electron chi connectivity index (χ3n) is 5.72. The van der Waals surface area contributed by atoms with Gasteiger partial charge in [0, 0.05) is 24.2 Å². The van der Waals surface area contributed by atoms with Crippen LogP contribution in [0.15, 0.2) is 29.2 Å². The number of benzene rings is 1. The summed E-state index contributed by atoms with van der Waals surface area (Å²) in [5.74, 6) is 1.40. The second-order valence-corrected chi connectivity index (χ2v) is 7.59. The third kappa shape index (κ3) is 2.88. The number of anilines is 1. The van der Waals surface area contributed by atoms with E-state index in [0.29, 0.717) is 12.0 Å². The van der Waals surface area contributed by atoms with E-state index in [-0.39, 0.29) is 5.56 Å². The minimum absolute atomic E-state index is 0.0351. The molecule has 2 aromatic rings. The van der Waals surface area contributed by atoms with Crippen molar-refractivity contribution in [1.82, 2.24) is 15.5 Å². The Kier molecular flexibility index (Phi) is 3.93. The van der Waals surface area contributed by atoms with Gasteiger partial charge in [-0.3, -0.25) is 4.79 Å². The summed E-state index contributed by atoms with van der Waals surface area (Å²) < 4.78 is 6.35. The minimum Gasteiger partial charge on any atom is -0.490 e. The summed E-state index contributed by atoms with van der Waals surface area (Å²) in [4.78, 5) is 14.6. The van der Waals surface area contributed by atoms with Crippen molar-refractivity contribution in [3.05, 3.63) is 51.4 Å². The molecule has 0 radical (unpaired) electrons. The molecule has 0 spiro atoms. The number of nitrogens with zero attached hydrogens (tertiary/aromatic N) is 2. The average Bonchev–Trinajstić information content (AvgIpc) is 3.40. The minimum atomic E-state index is -0.0351. The Labute approximate surface area is 152 Å². The molecule has 6 heteroatoms. The molecule has 1 saturated carbocycles. The van der Waals surface area contributed by atoms with Gasteiger partial charge >= 0.3 is 0 Å². The lowest BCUT2D eigenvalue weighted by atomic mass is 10.1. The Bertz CT molecular complexity index is 868. The van der Waals surface area contributed by atoms with Crippen LogP contribution in [0.4, 0.5) is 5.69 Å². The normalized spacial score (nSPS) is 20.2. The van der Waals surface area contributed by atoms with E-state index in [1.807, 2.05) is 6.20 Å². The van der Waals surface area contributed by atoms with Crippen molar-refractivity contribution in [2.75, 3.05) is 18.0 Å². The van der Waals surface area contributed by atoms with Crippen LogP contribution in [0.25, 0.3) is 0 Å². The van der Waals surface area contributed by atoms with Gasteiger partial charge in [-0.2, -0.15) is 5.10 Å². The maximum atomic E-state index is 12.3. The van der Waals surface area contributed by atoms with Crippen molar-refractivity contribution in [3.8, 4) is 5.75 Å². The second-order valence-electron chi connectivity index (χ2n) is 7.59.